The van der Waals surface area contributed by atoms with Gasteiger partial charge in [-0.25, -0.2) is 4.79 Å². The van der Waals surface area contributed by atoms with E-state index in [1.54, 1.807) is 24.4 Å². The number of hydrogen-bond donors (Lipinski definition) is 4. The standard InChI is InChI=1S/C17H18N4O6/c22-12(19-9-10-3-1-2-7-18-10)5-4-11-14(24)15(25)16(27-11)21-8-6-13(23)20-17(21)26/h1-8,11,14-16,24-25H,9H2,(H,19,22)(H,20,23,26)/b5-4+/t11-,14-,15-,16-/m1/s1. The van der Waals surface area contributed by atoms with Crippen LogP contribution in [0, 0.1) is 0 Å². The van der Waals surface area contributed by atoms with Crippen molar-refractivity contribution in [1.82, 2.24) is 19.9 Å². The second-order valence-electron chi connectivity index (χ2n) is 5.89. The maximum Gasteiger partial charge on any atom is 0.330 e. The molecule has 3 heterocycles. The summed E-state index contributed by atoms with van der Waals surface area (Å²) < 4.78 is 6.43. The number of rotatable bonds is 5. The van der Waals surface area contributed by atoms with Crippen LogP contribution in [0.15, 0.2) is 58.4 Å². The second-order valence-corrected chi connectivity index (χ2v) is 5.89. The van der Waals surface area contributed by atoms with Crippen molar-refractivity contribution >= 4 is 5.91 Å². The van der Waals surface area contributed by atoms with Crippen molar-refractivity contribution in [2.24, 2.45) is 0 Å². The summed E-state index contributed by atoms with van der Waals surface area (Å²) in [5.74, 6) is -0.435. The van der Waals surface area contributed by atoms with E-state index in [0.717, 1.165) is 16.8 Å². The maximum atomic E-state index is 11.9. The van der Waals surface area contributed by atoms with Crippen molar-refractivity contribution < 1.29 is 19.7 Å². The van der Waals surface area contributed by atoms with Gasteiger partial charge in [-0.15, -0.1) is 0 Å². The predicted molar refractivity (Wildman–Crippen MR) is 92.5 cm³/mol. The van der Waals surface area contributed by atoms with E-state index < -0.39 is 41.7 Å². The van der Waals surface area contributed by atoms with Crippen LogP contribution in [0.5, 0.6) is 0 Å². The fraction of sp³-hybridized carbons (Fsp3) is 0.294. The highest BCUT2D eigenvalue weighted by molar-refractivity contribution is 5.87. The van der Waals surface area contributed by atoms with Crippen molar-refractivity contribution in [3.05, 3.63) is 75.3 Å². The Morgan fingerprint density at radius 3 is 2.81 bits per heavy atom. The number of nitrogens with one attached hydrogen (secondary N) is 2. The van der Waals surface area contributed by atoms with Crippen LogP contribution in [0.25, 0.3) is 0 Å². The first-order chi connectivity index (χ1) is 13.0. The topological polar surface area (TPSA) is 147 Å². The zero-order valence-electron chi connectivity index (χ0n) is 14.1. The van der Waals surface area contributed by atoms with Gasteiger partial charge in [0, 0.05) is 24.5 Å². The van der Waals surface area contributed by atoms with Crippen LogP contribution < -0.4 is 16.6 Å². The van der Waals surface area contributed by atoms with E-state index in [2.05, 4.69) is 10.3 Å². The van der Waals surface area contributed by atoms with E-state index in [9.17, 15) is 24.6 Å². The molecule has 0 bridgehead atoms. The molecule has 1 amide bonds. The van der Waals surface area contributed by atoms with Gasteiger partial charge in [0.05, 0.1) is 12.2 Å². The summed E-state index contributed by atoms with van der Waals surface area (Å²) in [5, 5.41) is 22.8. The third-order valence-corrected chi connectivity index (χ3v) is 4.01. The lowest BCUT2D eigenvalue weighted by Gasteiger charge is -2.16. The lowest BCUT2D eigenvalue weighted by Crippen LogP contribution is -2.37. The predicted octanol–water partition coefficient (Wildman–Crippen LogP) is -1.58. The number of amides is 1. The normalized spacial score (nSPS) is 25.0. The maximum absolute atomic E-state index is 11.9. The van der Waals surface area contributed by atoms with Gasteiger partial charge in [0.2, 0.25) is 5.91 Å². The molecule has 142 valence electrons. The van der Waals surface area contributed by atoms with Crippen molar-refractivity contribution in [2.75, 3.05) is 0 Å². The quantitative estimate of drug-likeness (QED) is 0.462. The van der Waals surface area contributed by atoms with Gasteiger partial charge < -0.3 is 20.3 Å². The van der Waals surface area contributed by atoms with Crippen LogP contribution in [-0.2, 0) is 16.1 Å². The Morgan fingerprint density at radius 1 is 1.30 bits per heavy atom. The van der Waals surface area contributed by atoms with E-state index in [1.165, 1.54) is 12.2 Å². The highest BCUT2D eigenvalue weighted by Crippen LogP contribution is 2.28. The van der Waals surface area contributed by atoms with Crippen molar-refractivity contribution in [2.45, 2.75) is 31.1 Å². The van der Waals surface area contributed by atoms with Crippen LogP contribution in [0.2, 0.25) is 0 Å². The Morgan fingerprint density at radius 2 is 2.11 bits per heavy atom. The van der Waals surface area contributed by atoms with Gasteiger partial charge in [-0.05, 0) is 18.2 Å². The number of aromatic amines is 1. The van der Waals surface area contributed by atoms with E-state index >= 15 is 0 Å². The van der Waals surface area contributed by atoms with Gasteiger partial charge in [0.15, 0.2) is 6.23 Å². The molecule has 27 heavy (non-hydrogen) atoms. The summed E-state index contributed by atoms with van der Waals surface area (Å²) >= 11 is 0. The molecule has 1 fully saturated rings. The molecule has 0 unspecified atom stereocenters. The number of H-pyrrole nitrogens is 1. The SMILES string of the molecule is O=C(/C=C/[C@H]1O[C@@H](n2ccc(=O)[nH]c2=O)[C@H](O)[C@@H]1O)NCc1ccccn1. The van der Waals surface area contributed by atoms with Crippen molar-refractivity contribution in [1.29, 1.82) is 0 Å². The van der Waals surface area contributed by atoms with Gasteiger partial charge >= 0.3 is 5.69 Å². The molecule has 1 aliphatic rings. The highest BCUT2D eigenvalue weighted by atomic mass is 16.6. The first-order valence-corrected chi connectivity index (χ1v) is 8.15. The molecule has 0 radical (unpaired) electrons. The molecule has 1 aliphatic heterocycles. The number of aliphatic hydroxyl groups excluding tert-OH is 2. The Hall–Kier alpha value is -3.08. The molecule has 2 aromatic heterocycles. The first-order valence-electron chi connectivity index (χ1n) is 8.15. The summed E-state index contributed by atoms with van der Waals surface area (Å²) in [7, 11) is 0. The summed E-state index contributed by atoms with van der Waals surface area (Å²) in [4.78, 5) is 40.9. The smallest absolute Gasteiger partial charge is 0.330 e. The molecule has 1 saturated heterocycles. The average molecular weight is 374 g/mol. The van der Waals surface area contributed by atoms with Crippen LogP contribution >= 0.6 is 0 Å². The van der Waals surface area contributed by atoms with E-state index in [4.69, 9.17) is 4.74 Å². The molecule has 0 aliphatic carbocycles. The lowest BCUT2D eigenvalue weighted by molar-refractivity contribution is -0.116. The second kappa shape index (κ2) is 8.08. The van der Waals surface area contributed by atoms with Crippen LogP contribution in [0.1, 0.15) is 11.9 Å². The molecule has 2 aromatic rings. The lowest BCUT2D eigenvalue weighted by atomic mass is 10.1. The number of carbonyl (C=O) groups is 1. The average Bonchev–Trinajstić information content (AvgIpc) is 2.94. The third-order valence-electron chi connectivity index (χ3n) is 4.01. The number of ether oxygens (including phenoxy) is 1. The first kappa shape index (κ1) is 18.7. The molecule has 4 N–H and O–H groups in total. The Balaban J connectivity index is 1.63. The molecule has 3 rings (SSSR count). The largest absolute Gasteiger partial charge is 0.387 e. The fourth-order valence-electron chi connectivity index (χ4n) is 2.62. The number of pyridine rings is 1. The fourth-order valence-corrected chi connectivity index (χ4v) is 2.62. The van der Waals surface area contributed by atoms with E-state index in [1.807, 2.05) is 4.98 Å². The number of hydrogen-bond acceptors (Lipinski definition) is 7. The number of aliphatic hydroxyl groups is 2. The number of carbonyl (C=O) groups excluding carboxylic acids is 1. The Labute approximate surface area is 152 Å². The molecule has 4 atom stereocenters. The highest BCUT2D eigenvalue weighted by Gasteiger charge is 2.42. The number of nitrogens with zero attached hydrogens (tertiary/aromatic N) is 2. The molecular weight excluding hydrogens is 356 g/mol. The molecule has 0 aromatic carbocycles. The van der Waals surface area contributed by atoms with Gasteiger partial charge in [-0.2, -0.15) is 0 Å². The van der Waals surface area contributed by atoms with Gasteiger partial charge in [-0.1, -0.05) is 6.07 Å². The Kier molecular flexibility index (Phi) is 5.60. The van der Waals surface area contributed by atoms with Gasteiger partial charge in [0.25, 0.3) is 5.56 Å². The summed E-state index contributed by atoms with van der Waals surface area (Å²) in [6.07, 6.45) is 0.252. The molecule has 0 spiro atoms. The van der Waals surface area contributed by atoms with E-state index in [0.29, 0.717) is 5.69 Å². The third kappa shape index (κ3) is 4.37. The van der Waals surface area contributed by atoms with Gasteiger partial charge in [-0.3, -0.25) is 24.1 Å². The van der Waals surface area contributed by atoms with Crippen molar-refractivity contribution in [3.8, 4) is 0 Å². The Bertz CT molecular complexity index is 938. The summed E-state index contributed by atoms with van der Waals surface area (Å²) in [6, 6.07) is 6.42. The molecular formula is C17H18N4O6. The minimum Gasteiger partial charge on any atom is -0.387 e. The van der Waals surface area contributed by atoms with Crippen molar-refractivity contribution in [3.63, 3.8) is 0 Å². The number of aromatic nitrogens is 3. The summed E-state index contributed by atoms with van der Waals surface area (Å²) in [5.41, 5.74) is -0.689. The zero-order chi connectivity index (χ0) is 19.4. The van der Waals surface area contributed by atoms with Crippen LogP contribution in [-0.4, -0.2) is 49.0 Å². The van der Waals surface area contributed by atoms with E-state index in [-0.39, 0.29) is 6.54 Å². The zero-order valence-corrected chi connectivity index (χ0v) is 14.1. The minimum absolute atomic E-state index is 0.232. The van der Waals surface area contributed by atoms with Gasteiger partial charge in [0.1, 0.15) is 18.3 Å². The van der Waals surface area contributed by atoms with Crippen LogP contribution in [0.3, 0.4) is 0 Å². The molecule has 0 saturated carbocycles. The monoisotopic (exact) mass is 374 g/mol. The molecule has 10 heteroatoms. The summed E-state index contributed by atoms with van der Waals surface area (Å²) in [6.45, 7) is 0.232. The minimum atomic E-state index is -1.42. The van der Waals surface area contributed by atoms with Crippen LogP contribution in [0.4, 0.5) is 0 Å². The molecule has 10 nitrogen and oxygen atoms in total.